The number of anilines is 1. The topological polar surface area (TPSA) is 72.9 Å². The zero-order valence-corrected chi connectivity index (χ0v) is 16.8. The third-order valence-electron chi connectivity index (χ3n) is 3.68. The van der Waals surface area contributed by atoms with E-state index in [2.05, 4.69) is 0 Å². The fraction of sp³-hybridized carbons (Fsp3) is 0.350. The van der Waals surface area contributed by atoms with Crippen LogP contribution < -0.4 is 9.04 Å². The maximum Gasteiger partial charge on any atom is 0.326 e. The number of ether oxygens (including phenoxy) is 2. The van der Waals surface area contributed by atoms with Crippen molar-refractivity contribution in [2.24, 2.45) is 0 Å². The minimum atomic E-state index is -3.93. The minimum absolute atomic E-state index is 0.00257. The largest absolute Gasteiger partial charge is 0.491 e. The molecular weight excluding hydrogens is 366 g/mol. The van der Waals surface area contributed by atoms with E-state index in [4.69, 9.17) is 9.47 Å². The maximum absolute atomic E-state index is 13.1. The molecule has 0 bridgehead atoms. The van der Waals surface area contributed by atoms with Crippen LogP contribution in [0.15, 0.2) is 53.4 Å². The average Bonchev–Trinajstić information content (AvgIpc) is 2.60. The molecule has 0 saturated heterocycles. The van der Waals surface area contributed by atoms with Crippen LogP contribution in [-0.4, -0.2) is 33.6 Å². The van der Waals surface area contributed by atoms with E-state index in [9.17, 15) is 13.2 Å². The molecule has 0 N–H and O–H groups in total. The molecule has 27 heavy (non-hydrogen) atoms. The zero-order valence-electron chi connectivity index (χ0n) is 16.0. The first-order chi connectivity index (χ1) is 12.7. The first kappa shape index (κ1) is 20.8. The summed E-state index contributed by atoms with van der Waals surface area (Å²) >= 11 is 0. The highest BCUT2D eigenvalue weighted by Crippen LogP contribution is 2.26. The lowest BCUT2D eigenvalue weighted by Crippen LogP contribution is -2.36. The first-order valence-corrected chi connectivity index (χ1v) is 10.2. The molecule has 2 rings (SSSR count). The van der Waals surface area contributed by atoms with Crippen LogP contribution in [0.2, 0.25) is 0 Å². The van der Waals surface area contributed by atoms with Gasteiger partial charge in [-0.1, -0.05) is 17.7 Å². The van der Waals surface area contributed by atoms with Crippen molar-refractivity contribution in [3.63, 3.8) is 0 Å². The van der Waals surface area contributed by atoms with Crippen molar-refractivity contribution in [3.05, 3.63) is 54.1 Å². The molecule has 0 heterocycles. The number of hydrogen-bond donors (Lipinski definition) is 0. The Balaban J connectivity index is 2.41. The molecular formula is C20H25NO5S. The molecule has 6 nitrogen and oxygen atoms in total. The maximum atomic E-state index is 13.1. The fourth-order valence-electron chi connectivity index (χ4n) is 2.44. The third kappa shape index (κ3) is 5.47. The Labute approximate surface area is 160 Å². The third-order valence-corrected chi connectivity index (χ3v) is 5.47. The van der Waals surface area contributed by atoms with Gasteiger partial charge in [-0.05, 0) is 64.1 Å². The number of hydrogen-bond acceptors (Lipinski definition) is 5. The Morgan fingerprint density at radius 3 is 2.15 bits per heavy atom. The molecule has 0 radical (unpaired) electrons. The Bertz CT molecular complexity index is 858. The van der Waals surface area contributed by atoms with Crippen molar-refractivity contribution in [1.29, 1.82) is 0 Å². The zero-order chi connectivity index (χ0) is 20.0. The van der Waals surface area contributed by atoms with Crippen LogP contribution in [0.5, 0.6) is 5.75 Å². The number of carbonyl (C=O) groups excluding carboxylic acids is 1. The molecule has 0 unspecified atom stereocenters. The molecule has 146 valence electrons. The van der Waals surface area contributed by atoms with Crippen LogP contribution in [-0.2, 0) is 19.6 Å². The predicted molar refractivity (Wildman–Crippen MR) is 105 cm³/mol. The summed E-state index contributed by atoms with van der Waals surface area (Å²) in [6.45, 7) is 7.13. The van der Waals surface area contributed by atoms with Gasteiger partial charge in [0.05, 0.1) is 23.3 Å². The van der Waals surface area contributed by atoms with Crippen LogP contribution in [0, 0.1) is 6.92 Å². The van der Waals surface area contributed by atoms with Crippen molar-refractivity contribution in [2.45, 2.75) is 38.7 Å². The number of esters is 1. The number of carbonyl (C=O) groups is 1. The van der Waals surface area contributed by atoms with E-state index < -0.39 is 22.5 Å². The molecule has 0 aliphatic rings. The molecule has 7 heteroatoms. The summed E-state index contributed by atoms with van der Waals surface area (Å²) in [5.41, 5.74) is 1.31. The van der Waals surface area contributed by atoms with E-state index in [1.807, 2.05) is 20.8 Å². The number of benzene rings is 2. The predicted octanol–water partition coefficient (Wildman–Crippen LogP) is 3.54. The lowest BCUT2D eigenvalue weighted by atomic mass is 10.2. The Hall–Kier alpha value is -2.54. The van der Waals surface area contributed by atoms with Crippen LogP contribution >= 0.6 is 0 Å². The van der Waals surface area contributed by atoms with E-state index in [0.717, 1.165) is 9.87 Å². The molecule has 0 aliphatic heterocycles. The molecule has 0 aliphatic carbocycles. The van der Waals surface area contributed by atoms with Crippen molar-refractivity contribution < 1.29 is 22.7 Å². The van der Waals surface area contributed by atoms with E-state index >= 15 is 0 Å². The number of rotatable bonds is 8. The van der Waals surface area contributed by atoms with Gasteiger partial charge >= 0.3 is 5.97 Å². The van der Waals surface area contributed by atoms with Gasteiger partial charge in [0.2, 0.25) is 0 Å². The molecule has 0 fully saturated rings. The number of nitrogens with zero attached hydrogens (tertiary/aromatic N) is 1. The SMILES string of the molecule is CCOC(=O)CN(c1ccc(OC(C)C)cc1)S(=O)(=O)c1ccc(C)cc1. The number of sulfonamides is 1. The van der Waals surface area contributed by atoms with Gasteiger partial charge in [-0.15, -0.1) is 0 Å². The number of aryl methyl sites for hydroxylation is 1. The highest BCUT2D eigenvalue weighted by Gasteiger charge is 2.27. The first-order valence-electron chi connectivity index (χ1n) is 8.75. The quantitative estimate of drug-likeness (QED) is 0.644. The second-order valence-corrected chi connectivity index (χ2v) is 8.15. The highest BCUT2D eigenvalue weighted by molar-refractivity contribution is 7.92. The molecule has 2 aromatic carbocycles. The van der Waals surface area contributed by atoms with Crippen LogP contribution in [0.25, 0.3) is 0 Å². The molecule has 0 spiro atoms. The second-order valence-electron chi connectivity index (χ2n) is 6.29. The summed E-state index contributed by atoms with van der Waals surface area (Å²) < 4.78 is 37.9. The van der Waals surface area contributed by atoms with Gasteiger partial charge in [0.1, 0.15) is 12.3 Å². The van der Waals surface area contributed by atoms with Crippen molar-refractivity contribution in [2.75, 3.05) is 17.5 Å². The Kier molecular flexibility index (Phi) is 6.85. The van der Waals surface area contributed by atoms with Gasteiger partial charge in [0.25, 0.3) is 10.0 Å². The standard InChI is InChI=1S/C20H25NO5S/c1-5-25-20(22)14-21(17-8-10-18(11-9-17)26-15(2)3)27(23,24)19-12-6-16(4)7-13-19/h6-13,15H,5,14H2,1-4H3. The normalized spacial score (nSPS) is 11.3. The average molecular weight is 391 g/mol. The lowest BCUT2D eigenvalue weighted by Gasteiger charge is -2.24. The minimum Gasteiger partial charge on any atom is -0.491 e. The van der Waals surface area contributed by atoms with Gasteiger partial charge in [0.15, 0.2) is 0 Å². The van der Waals surface area contributed by atoms with Gasteiger partial charge < -0.3 is 9.47 Å². The highest BCUT2D eigenvalue weighted by atomic mass is 32.2. The monoisotopic (exact) mass is 391 g/mol. The molecule has 2 aromatic rings. The van der Waals surface area contributed by atoms with Gasteiger partial charge in [-0.2, -0.15) is 0 Å². The van der Waals surface area contributed by atoms with Crippen molar-refractivity contribution in [1.82, 2.24) is 0 Å². The van der Waals surface area contributed by atoms with E-state index in [0.29, 0.717) is 11.4 Å². The molecule has 0 aromatic heterocycles. The second kappa shape index (κ2) is 8.90. The van der Waals surface area contributed by atoms with Gasteiger partial charge in [0, 0.05) is 0 Å². The van der Waals surface area contributed by atoms with Crippen LogP contribution in [0.1, 0.15) is 26.3 Å². The van der Waals surface area contributed by atoms with Crippen molar-refractivity contribution >= 4 is 21.7 Å². The van der Waals surface area contributed by atoms with Crippen LogP contribution in [0.3, 0.4) is 0 Å². The summed E-state index contributed by atoms with van der Waals surface area (Å²) in [4.78, 5) is 12.1. The summed E-state index contributed by atoms with van der Waals surface area (Å²) in [7, 11) is -3.93. The van der Waals surface area contributed by atoms with Gasteiger partial charge in [-0.3, -0.25) is 9.10 Å². The summed E-state index contributed by atoms with van der Waals surface area (Å²) in [5, 5.41) is 0. The van der Waals surface area contributed by atoms with E-state index in [1.54, 1.807) is 43.3 Å². The summed E-state index contributed by atoms with van der Waals surface area (Å²) in [6, 6.07) is 13.1. The van der Waals surface area contributed by atoms with Crippen LogP contribution in [0.4, 0.5) is 5.69 Å². The van der Waals surface area contributed by atoms with Gasteiger partial charge in [-0.25, -0.2) is 8.42 Å². The molecule has 0 atom stereocenters. The van der Waals surface area contributed by atoms with E-state index in [1.165, 1.54) is 12.1 Å². The molecule has 0 saturated carbocycles. The lowest BCUT2D eigenvalue weighted by molar-refractivity contribution is -0.141. The summed E-state index contributed by atoms with van der Waals surface area (Å²) in [5.74, 6) is 0.00765. The Morgan fingerprint density at radius 1 is 1.04 bits per heavy atom. The summed E-state index contributed by atoms with van der Waals surface area (Å²) in [6.07, 6.45) is 0.00257. The fourth-order valence-corrected chi connectivity index (χ4v) is 3.85. The van der Waals surface area contributed by atoms with E-state index in [-0.39, 0.29) is 17.6 Å². The Morgan fingerprint density at radius 2 is 1.63 bits per heavy atom. The molecule has 0 amide bonds. The smallest absolute Gasteiger partial charge is 0.326 e. The van der Waals surface area contributed by atoms with Crippen molar-refractivity contribution in [3.8, 4) is 5.75 Å².